The van der Waals surface area contributed by atoms with Crippen molar-refractivity contribution in [3.63, 3.8) is 0 Å². The minimum atomic E-state index is -0.387. The Morgan fingerprint density at radius 1 is 1.23 bits per heavy atom. The van der Waals surface area contributed by atoms with Crippen LogP contribution in [0.3, 0.4) is 0 Å². The molecule has 0 aliphatic carbocycles. The second-order valence-electron chi connectivity index (χ2n) is 5.84. The van der Waals surface area contributed by atoms with E-state index in [1.54, 1.807) is 36.0 Å². The maximum atomic E-state index is 12.5. The third-order valence-electron chi connectivity index (χ3n) is 4.15. The average molecular weight is 367 g/mol. The van der Waals surface area contributed by atoms with Crippen molar-refractivity contribution >= 4 is 28.9 Å². The van der Waals surface area contributed by atoms with Gasteiger partial charge in [-0.05, 0) is 44.2 Å². The molecule has 0 radical (unpaired) electrons. The monoisotopic (exact) mass is 367 g/mol. The zero-order valence-corrected chi connectivity index (χ0v) is 15.4. The van der Waals surface area contributed by atoms with Crippen molar-refractivity contribution in [2.24, 2.45) is 7.05 Å². The number of aromatic nitrogens is 2. The fourth-order valence-corrected chi connectivity index (χ4v) is 3.74. The quantitative estimate of drug-likeness (QED) is 0.286. The van der Waals surface area contributed by atoms with Gasteiger partial charge in [-0.25, -0.2) is 0 Å². The number of nitrogens with zero attached hydrogens (tertiary/aromatic N) is 3. The summed E-state index contributed by atoms with van der Waals surface area (Å²) in [4.78, 5) is 24.9. The Morgan fingerprint density at radius 3 is 2.62 bits per heavy atom. The number of allylic oxidation sites excluding steroid dienone is 1. The fourth-order valence-electron chi connectivity index (χ4n) is 2.80. The zero-order chi connectivity index (χ0) is 18.8. The number of hydrogen-bond donors (Lipinski definition) is 0. The molecule has 2 aromatic heterocycles. The van der Waals surface area contributed by atoms with E-state index in [-0.39, 0.29) is 16.4 Å². The van der Waals surface area contributed by atoms with E-state index >= 15 is 0 Å². The number of nitro benzene ring substituents is 1. The minimum Gasteiger partial charge on any atom is -0.289 e. The van der Waals surface area contributed by atoms with Gasteiger partial charge in [0, 0.05) is 28.6 Å². The van der Waals surface area contributed by atoms with Crippen LogP contribution in [-0.2, 0) is 7.05 Å². The molecule has 0 unspecified atom stereocenters. The van der Waals surface area contributed by atoms with Crippen molar-refractivity contribution in [3.8, 4) is 10.4 Å². The molecule has 132 valence electrons. The molecule has 1 aromatic carbocycles. The number of carbonyl (C=O) groups excluding carboxylic acids is 1. The number of para-hydroxylation sites is 1. The van der Waals surface area contributed by atoms with E-state index in [2.05, 4.69) is 5.10 Å². The summed E-state index contributed by atoms with van der Waals surface area (Å²) in [6.45, 7) is 3.67. The molecule has 3 aromatic rings. The van der Waals surface area contributed by atoms with Gasteiger partial charge >= 0.3 is 0 Å². The molecule has 2 heterocycles. The van der Waals surface area contributed by atoms with Crippen LogP contribution in [0.4, 0.5) is 5.69 Å². The molecule has 0 atom stereocenters. The molecule has 0 saturated heterocycles. The summed E-state index contributed by atoms with van der Waals surface area (Å²) in [6, 6.07) is 10.3. The van der Waals surface area contributed by atoms with Crippen molar-refractivity contribution in [2.45, 2.75) is 13.8 Å². The van der Waals surface area contributed by atoms with Crippen LogP contribution in [0.5, 0.6) is 0 Å². The SMILES string of the molecule is Cc1nn(C)c(C)c1C(=O)/C=C/c1ccc(-c2ccccc2[N+](=O)[O-])s1. The first kappa shape index (κ1) is 17.8. The lowest BCUT2D eigenvalue weighted by atomic mass is 10.1. The van der Waals surface area contributed by atoms with Gasteiger partial charge in [0.1, 0.15) is 0 Å². The molecule has 0 aliphatic rings. The van der Waals surface area contributed by atoms with Crippen LogP contribution in [-0.4, -0.2) is 20.5 Å². The molecular weight excluding hydrogens is 350 g/mol. The lowest BCUT2D eigenvalue weighted by Crippen LogP contribution is -1.99. The molecule has 0 fully saturated rings. The summed E-state index contributed by atoms with van der Waals surface area (Å²) in [7, 11) is 1.81. The van der Waals surface area contributed by atoms with E-state index in [1.165, 1.54) is 23.5 Å². The average Bonchev–Trinajstić information content (AvgIpc) is 3.17. The van der Waals surface area contributed by atoms with Crippen molar-refractivity contribution < 1.29 is 9.72 Å². The molecule has 7 heteroatoms. The molecule has 0 aliphatic heterocycles. The van der Waals surface area contributed by atoms with Gasteiger partial charge in [-0.3, -0.25) is 19.6 Å². The number of benzene rings is 1. The Hall–Kier alpha value is -3.06. The molecular formula is C19H17N3O3S. The highest BCUT2D eigenvalue weighted by Crippen LogP contribution is 2.35. The number of hydrogen-bond acceptors (Lipinski definition) is 5. The van der Waals surface area contributed by atoms with Crippen LogP contribution in [0.15, 0.2) is 42.5 Å². The summed E-state index contributed by atoms with van der Waals surface area (Å²) in [5.74, 6) is -0.103. The molecule has 0 bridgehead atoms. The van der Waals surface area contributed by atoms with Crippen LogP contribution in [0, 0.1) is 24.0 Å². The number of ketones is 1. The largest absolute Gasteiger partial charge is 0.289 e. The van der Waals surface area contributed by atoms with Crippen LogP contribution in [0.1, 0.15) is 26.6 Å². The number of nitro groups is 1. The highest BCUT2D eigenvalue weighted by molar-refractivity contribution is 7.16. The maximum Gasteiger partial charge on any atom is 0.278 e. The first-order valence-corrected chi connectivity index (χ1v) is 8.76. The Kier molecular flexibility index (Phi) is 4.81. The van der Waals surface area contributed by atoms with Crippen LogP contribution in [0.25, 0.3) is 16.5 Å². The first-order chi connectivity index (χ1) is 12.4. The highest BCUT2D eigenvalue weighted by Gasteiger charge is 2.16. The topological polar surface area (TPSA) is 78.0 Å². The zero-order valence-electron chi connectivity index (χ0n) is 14.6. The van der Waals surface area contributed by atoms with Crippen molar-refractivity contribution in [1.29, 1.82) is 0 Å². The van der Waals surface area contributed by atoms with Gasteiger partial charge in [0.25, 0.3) is 5.69 Å². The number of aryl methyl sites for hydroxylation is 2. The normalized spacial score (nSPS) is 11.2. The minimum absolute atomic E-state index is 0.0718. The molecule has 0 spiro atoms. The van der Waals surface area contributed by atoms with Gasteiger partial charge < -0.3 is 0 Å². The molecule has 0 amide bonds. The molecule has 6 nitrogen and oxygen atoms in total. The lowest BCUT2D eigenvalue weighted by molar-refractivity contribution is -0.384. The van der Waals surface area contributed by atoms with Crippen molar-refractivity contribution in [2.75, 3.05) is 0 Å². The molecule has 0 saturated carbocycles. The second-order valence-corrected chi connectivity index (χ2v) is 6.96. The highest BCUT2D eigenvalue weighted by atomic mass is 32.1. The summed E-state index contributed by atoms with van der Waals surface area (Å²) in [5.41, 5.74) is 2.78. The van der Waals surface area contributed by atoms with E-state index in [0.29, 0.717) is 16.8 Å². The van der Waals surface area contributed by atoms with Crippen molar-refractivity contribution in [3.05, 3.63) is 74.4 Å². The summed E-state index contributed by atoms with van der Waals surface area (Å²) < 4.78 is 1.69. The third-order valence-corrected chi connectivity index (χ3v) is 5.23. The number of rotatable bonds is 5. The second kappa shape index (κ2) is 7.05. The van der Waals surface area contributed by atoms with E-state index in [1.807, 2.05) is 26.0 Å². The van der Waals surface area contributed by atoms with Crippen LogP contribution >= 0.6 is 11.3 Å². The smallest absolute Gasteiger partial charge is 0.278 e. The van der Waals surface area contributed by atoms with Gasteiger partial charge in [0.2, 0.25) is 0 Å². The Bertz CT molecular complexity index is 1030. The molecule has 26 heavy (non-hydrogen) atoms. The Morgan fingerprint density at radius 2 is 1.96 bits per heavy atom. The van der Waals surface area contributed by atoms with Gasteiger partial charge in [0.15, 0.2) is 5.78 Å². The van der Waals surface area contributed by atoms with Gasteiger partial charge in [-0.2, -0.15) is 5.10 Å². The summed E-state index contributed by atoms with van der Waals surface area (Å²) in [6.07, 6.45) is 3.25. The summed E-state index contributed by atoms with van der Waals surface area (Å²) in [5, 5.41) is 15.4. The van der Waals surface area contributed by atoms with Gasteiger partial charge in [-0.15, -0.1) is 11.3 Å². The predicted octanol–water partition coefficient (Wildman–Crippen LogP) is 4.57. The lowest BCUT2D eigenvalue weighted by Gasteiger charge is -1.98. The van der Waals surface area contributed by atoms with Crippen molar-refractivity contribution in [1.82, 2.24) is 9.78 Å². The number of thiophene rings is 1. The Labute approximate surface area is 154 Å². The van der Waals surface area contributed by atoms with Gasteiger partial charge in [-0.1, -0.05) is 12.1 Å². The number of carbonyl (C=O) groups is 1. The van der Waals surface area contributed by atoms with E-state index < -0.39 is 0 Å². The maximum absolute atomic E-state index is 12.5. The van der Waals surface area contributed by atoms with E-state index in [9.17, 15) is 14.9 Å². The van der Waals surface area contributed by atoms with E-state index in [4.69, 9.17) is 0 Å². The summed E-state index contributed by atoms with van der Waals surface area (Å²) >= 11 is 1.40. The molecule has 0 N–H and O–H groups in total. The van der Waals surface area contributed by atoms with E-state index in [0.717, 1.165) is 15.4 Å². The standard InChI is InChI=1S/C19H17N3O3S/c1-12-19(13(2)21(3)20-12)17(23)10-8-14-9-11-18(26-14)15-6-4-5-7-16(15)22(24)25/h4-11H,1-3H3/b10-8+. The fraction of sp³-hybridized carbons (Fsp3) is 0.158. The van der Waals surface area contributed by atoms with Crippen LogP contribution < -0.4 is 0 Å². The predicted molar refractivity (Wildman–Crippen MR) is 102 cm³/mol. The first-order valence-electron chi connectivity index (χ1n) is 7.94. The molecule has 3 rings (SSSR count). The van der Waals surface area contributed by atoms with Gasteiger partial charge in [0.05, 0.1) is 21.7 Å². The Balaban J connectivity index is 1.86. The van der Waals surface area contributed by atoms with Crippen LogP contribution in [0.2, 0.25) is 0 Å². The third kappa shape index (κ3) is 3.34.